The van der Waals surface area contributed by atoms with Crippen molar-refractivity contribution in [3.8, 4) is 0 Å². The number of hydrogen-bond donors (Lipinski definition) is 1. The smallest absolute Gasteiger partial charge is 0.272 e. The molecule has 0 aromatic carbocycles. The SMILES string of the molecule is B[C@@H]1O[C@H](CO)C2OC(OC)OC21C=C=C. The molecule has 2 rings (SSSR count). The molecule has 16 heavy (non-hydrogen) atoms. The number of fused-ring (bicyclic) bond motifs is 1. The zero-order chi connectivity index (χ0) is 11.8. The topological polar surface area (TPSA) is 57.2 Å². The minimum atomic E-state index is -0.768. The summed E-state index contributed by atoms with van der Waals surface area (Å²) >= 11 is 0. The van der Waals surface area contributed by atoms with Gasteiger partial charge in [0.2, 0.25) is 0 Å². The van der Waals surface area contributed by atoms with Gasteiger partial charge in [-0.05, 0) is 6.08 Å². The molecule has 6 heteroatoms. The maximum atomic E-state index is 9.22. The molecule has 0 amide bonds. The van der Waals surface area contributed by atoms with Crippen molar-refractivity contribution in [2.24, 2.45) is 0 Å². The van der Waals surface area contributed by atoms with Gasteiger partial charge in [0.1, 0.15) is 25.7 Å². The van der Waals surface area contributed by atoms with Gasteiger partial charge in [-0.15, -0.1) is 5.73 Å². The largest absolute Gasteiger partial charge is 0.394 e. The number of rotatable bonds is 3. The number of aliphatic hydroxyl groups excluding tert-OH is 1. The highest BCUT2D eigenvalue weighted by Crippen LogP contribution is 2.42. The summed E-state index contributed by atoms with van der Waals surface area (Å²) in [7, 11) is 3.36. The number of hydrogen-bond acceptors (Lipinski definition) is 5. The second-order valence-corrected chi connectivity index (χ2v) is 3.90. The van der Waals surface area contributed by atoms with E-state index < -0.39 is 24.3 Å². The third kappa shape index (κ3) is 1.55. The van der Waals surface area contributed by atoms with Gasteiger partial charge in [0.05, 0.1) is 12.6 Å². The van der Waals surface area contributed by atoms with Crippen LogP contribution in [0.4, 0.5) is 0 Å². The van der Waals surface area contributed by atoms with Crippen LogP contribution in [0.15, 0.2) is 18.4 Å². The molecule has 0 aromatic heterocycles. The Morgan fingerprint density at radius 3 is 2.94 bits per heavy atom. The third-order valence-electron chi connectivity index (χ3n) is 3.05. The van der Waals surface area contributed by atoms with Crippen LogP contribution in [0.3, 0.4) is 0 Å². The van der Waals surface area contributed by atoms with Crippen molar-refractivity contribution in [3.63, 3.8) is 0 Å². The molecule has 5 nitrogen and oxygen atoms in total. The quantitative estimate of drug-likeness (QED) is 0.482. The van der Waals surface area contributed by atoms with E-state index in [-0.39, 0.29) is 12.6 Å². The van der Waals surface area contributed by atoms with Crippen molar-refractivity contribution >= 4 is 7.85 Å². The molecule has 3 unspecified atom stereocenters. The minimum Gasteiger partial charge on any atom is -0.394 e. The molecule has 0 aliphatic carbocycles. The van der Waals surface area contributed by atoms with Gasteiger partial charge in [0, 0.05) is 7.11 Å². The summed E-state index contributed by atoms with van der Waals surface area (Å²) < 4.78 is 21.8. The Kier molecular flexibility index (Phi) is 3.21. The summed E-state index contributed by atoms with van der Waals surface area (Å²) in [6.07, 6.45) is 0.864. The number of methoxy groups -OCH3 is 1. The molecular formula is C10H15BO5. The van der Waals surface area contributed by atoms with E-state index in [1.54, 1.807) is 6.08 Å². The summed E-state index contributed by atoms with van der Waals surface area (Å²) in [5, 5.41) is 9.22. The molecule has 2 heterocycles. The highest BCUT2D eigenvalue weighted by molar-refractivity contribution is 6.12. The van der Waals surface area contributed by atoms with Gasteiger partial charge in [-0.1, -0.05) is 6.58 Å². The highest BCUT2D eigenvalue weighted by atomic mass is 16.9. The van der Waals surface area contributed by atoms with E-state index in [9.17, 15) is 5.11 Å². The average Bonchev–Trinajstić information content (AvgIpc) is 2.76. The normalized spacial score (nSPS) is 46.4. The predicted octanol–water partition coefficient (Wildman–Crippen LogP) is -1.24. The zero-order valence-electron chi connectivity index (χ0n) is 9.38. The van der Waals surface area contributed by atoms with E-state index in [0.717, 1.165) is 0 Å². The predicted molar refractivity (Wildman–Crippen MR) is 57.5 cm³/mol. The molecule has 88 valence electrons. The Bertz CT molecular complexity index is 316. The first-order valence-electron chi connectivity index (χ1n) is 5.17. The van der Waals surface area contributed by atoms with E-state index in [0.29, 0.717) is 0 Å². The fourth-order valence-corrected chi connectivity index (χ4v) is 2.27. The molecule has 0 saturated carbocycles. The second kappa shape index (κ2) is 4.33. The molecule has 0 spiro atoms. The Morgan fingerprint density at radius 2 is 2.38 bits per heavy atom. The average molecular weight is 226 g/mol. The summed E-state index contributed by atoms with van der Waals surface area (Å²) in [5.74, 6) is 0. The molecule has 2 fully saturated rings. The van der Waals surface area contributed by atoms with Crippen molar-refractivity contribution in [2.75, 3.05) is 13.7 Å². The molecule has 0 aromatic rings. The van der Waals surface area contributed by atoms with E-state index in [4.69, 9.17) is 18.9 Å². The summed E-state index contributed by atoms with van der Waals surface area (Å²) in [6.45, 7) is 2.68. The number of aliphatic hydroxyl groups is 1. The van der Waals surface area contributed by atoms with Gasteiger partial charge < -0.3 is 24.1 Å². The summed E-state index contributed by atoms with van der Waals surface area (Å²) in [6, 6.07) is -0.246. The first kappa shape index (κ1) is 11.9. The standard InChI is InChI=1S/C10H15BO5/c1-3-4-10-7(15-9(13-2)16-10)6(5-12)14-8(10)11/h4,6-9,12H,1,5,11H2,2H3/t6-,7?,8-,9?,10?/m1/s1. The lowest BCUT2D eigenvalue weighted by atomic mass is 9.80. The Labute approximate surface area is 95.0 Å². The van der Waals surface area contributed by atoms with Crippen LogP contribution in [0.1, 0.15) is 0 Å². The zero-order valence-corrected chi connectivity index (χ0v) is 9.38. The van der Waals surface area contributed by atoms with Crippen molar-refractivity contribution < 1.29 is 24.1 Å². The molecule has 2 aliphatic heterocycles. The van der Waals surface area contributed by atoms with Gasteiger partial charge in [-0.2, -0.15) is 0 Å². The minimum absolute atomic E-state index is 0.123. The summed E-state index contributed by atoms with van der Waals surface area (Å²) in [5.41, 5.74) is 1.93. The van der Waals surface area contributed by atoms with Crippen LogP contribution in [-0.4, -0.2) is 57.0 Å². The van der Waals surface area contributed by atoms with Gasteiger partial charge in [-0.3, -0.25) is 0 Å². The van der Waals surface area contributed by atoms with Crippen LogP contribution in [0.5, 0.6) is 0 Å². The van der Waals surface area contributed by atoms with E-state index in [2.05, 4.69) is 12.3 Å². The third-order valence-corrected chi connectivity index (χ3v) is 3.05. The maximum Gasteiger partial charge on any atom is 0.272 e. The van der Waals surface area contributed by atoms with Crippen molar-refractivity contribution in [2.45, 2.75) is 30.3 Å². The van der Waals surface area contributed by atoms with E-state index >= 15 is 0 Å². The molecule has 5 atom stereocenters. The maximum absolute atomic E-state index is 9.22. The van der Waals surface area contributed by atoms with Gasteiger partial charge in [-0.25, -0.2) is 0 Å². The van der Waals surface area contributed by atoms with Crippen LogP contribution in [0.25, 0.3) is 0 Å². The molecule has 2 saturated heterocycles. The van der Waals surface area contributed by atoms with Crippen LogP contribution in [0.2, 0.25) is 0 Å². The van der Waals surface area contributed by atoms with Crippen molar-refractivity contribution in [1.29, 1.82) is 0 Å². The Hall–Kier alpha value is -0.615. The molecule has 0 bridgehead atoms. The van der Waals surface area contributed by atoms with Gasteiger partial charge in [0.25, 0.3) is 6.48 Å². The molecule has 0 radical (unpaired) electrons. The molecule has 2 aliphatic rings. The van der Waals surface area contributed by atoms with Gasteiger partial charge in [0.15, 0.2) is 0 Å². The van der Waals surface area contributed by atoms with Crippen LogP contribution >= 0.6 is 0 Å². The summed E-state index contributed by atoms with van der Waals surface area (Å²) in [4.78, 5) is 0. The Balaban J connectivity index is 2.31. The molecular weight excluding hydrogens is 211 g/mol. The monoisotopic (exact) mass is 226 g/mol. The van der Waals surface area contributed by atoms with Crippen LogP contribution < -0.4 is 0 Å². The lowest BCUT2D eigenvalue weighted by Gasteiger charge is -2.24. The number of ether oxygens (including phenoxy) is 4. The van der Waals surface area contributed by atoms with Crippen LogP contribution in [-0.2, 0) is 18.9 Å². The first-order chi connectivity index (χ1) is 7.67. The first-order valence-corrected chi connectivity index (χ1v) is 5.17. The van der Waals surface area contributed by atoms with Crippen molar-refractivity contribution in [1.82, 2.24) is 0 Å². The lowest BCUT2D eigenvalue weighted by molar-refractivity contribution is -0.254. The van der Waals surface area contributed by atoms with E-state index in [1.807, 2.05) is 7.85 Å². The lowest BCUT2D eigenvalue weighted by Crippen LogP contribution is -2.45. The fraction of sp³-hybridized carbons (Fsp3) is 0.700. The molecule has 1 N–H and O–H groups in total. The Morgan fingerprint density at radius 1 is 1.62 bits per heavy atom. The highest BCUT2D eigenvalue weighted by Gasteiger charge is 2.61. The van der Waals surface area contributed by atoms with Crippen molar-refractivity contribution in [3.05, 3.63) is 18.4 Å². The second-order valence-electron chi connectivity index (χ2n) is 3.90. The van der Waals surface area contributed by atoms with Crippen LogP contribution in [0, 0.1) is 0 Å². The van der Waals surface area contributed by atoms with E-state index in [1.165, 1.54) is 7.11 Å². The van der Waals surface area contributed by atoms with Gasteiger partial charge >= 0.3 is 0 Å². The fourth-order valence-electron chi connectivity index (χ4n) is 2.27.